The fourth-order valence-electron chi connectivity index (χ4n) is 6.85. The van der Waals surface area contributed by atoms with Gasteiger partial charge < -0.3 is 14.0 Å². The number of furan rings is 1. The molecule has 0 fully saturated rings. The van der Waals surface area contributed by atoms with Crippen LogP contribution in [0.4, 0.5) is 0 Å². The number of imidazole rings is 1. The van der Waals surface area contributed by atoms with Crippen LogP contribution in [0.5, 0.6) is 0 Å². The molecule has 3 aromatic heterocycles. The minimum absolute atomic E-state index is 0. The zero-order chi connectivity index (χ0) is 33.6. The second-order valence-electron chi connectivity index (χ2n) is 15.5. The Balaban J connectivity index is 0.000000167. The van der Waals surface area contributed by atoms with Gasteiger partial charge in [-0.2, -0.15) is 0 Å². The molecule has 0 bridgehead atoms. The fourth-order valence-corrected chi connectivity index (χ4v) is 6.85. The van der Waals surface area contributed by atoms with Crippen molar-refractivity contribution in [2.45, 2.75) is 67.9 Å². The molecule has 4 nitrogen and oxygen atoms in total. The third kappa shape index (κ3) is 7.49. The minimum atomic E-state index is 0. The molecule has 251 valence electrons. The van der Waals surface area contributed by atoms with Crippen molar-refractivity contribution in [3.63, 3.8) is 0 Å². The third-order valence-corrected chi connectivity index (χ3v) is 8.63. The van der Waals surface area contributed by atoms with E-state index in [1.54, 1.807) is 0 Å². The summed E-state index contributed by atoms with van der Waals surface area (Å²) in [5.41, 5.74) is 12.8. The number of fused-ring (bicyclic) bond motifs is 3. The topological polar surface area (TPSA) is 43.9 Å². The molecular weight excluding hydrogens is 779 g/mol. The maximum absolute atomic E-state index is 6.19. The van der Waals surface area contributed by atoms with E-state index in [1.165, 1.54) is 27.8 Å². The summed E-state index contributed by atoms with van der Waals surface area (Å²) in [7, 11) is 0. The number of para-hydroxylation sites is 1. The summed E-state index contributed by atoms with van der Waals surface area (Å²) in [5.74, 6) is 1.02. The number of nitrogens with zero attached hydrogens (tertiary/aromatic N) is 3. The van der Waals surface area contributed by atoms with Gasteiger partial charge >= 0.3 is 0 Å². The van der Waals surface area contributed by atoms with Crippen LogP contribution in [0.25, 0.3) is 61.7 Å². The van der Waals surface area contributed by atoms with Gasteiger partial charge in [-0.05, 0) is 65.6 Å². The summed E-state index contributed by atoms with van der Waals surface area (Å²) in [6.07, 6.45) is 6.35. The van der Waals surface area contributed by atoms with E-state index >= 15 is 0 Å². The number of hydrogen-bond acceptors (Lipinski definition) is 3. The average molecular weight is 822 g/mol. The summed E-state index contributed by atoms with van der Waals surface area (Å²) >= 11 is 0. The molecule has 0 N–H and O–H groups in total. The van der Waals surface area contributed by atoms with E-state index in [-0.39, 0.29) is 30.9 Å². The number of benzene rings is 4. The molecule has 8 rings (SSSR count). The molecule has 0 amide bonds. The average Bonchev–Trinajstić information content (AvgIpc) is 3.59. The van der Waals surface area contributed by atoms with Gasteiger partial charge in [-0.15, -0.1) is 54.1 Å². The number of aromatic nitrogens is 3. The zero-order valence-corrected chi connectivity index (χ0v) is 31.8. The second-order valence-corrected chi connectivity index (χ2v) is 15.5. The maximum Gasteiger partial charge on any atom is 0.121 e. The van der Waals surface area contributed by atoms with Crippen LogP contribution in [0.2, 0.25) is 0 Å². The van der Waals surface area contributed by atoms with Crippen molar-refractivity contribution in [3.05, 3.63) is 126 Å². The Morgan fingerprint density at radius 2 is 1.63 bits per heavy atom. The monoisotopic (exact) mass is 822 g/mol. The zero-order valence-electron chi connectivity index (χ0n) is 29.4. The predicted molar refractivity (Wildman–Crippen MR) is 200 cm³/mol. The molecule has 0 aliphatic carbocycles. The van der Waals surface area contributed by atoms with Crippen molar-refractivity contribution in [3.8, 4) is 22.6 Å². The van der Waals surface area contributed by atoms with Gasteiger partial charge in [-0.25, -0.2) is 0 Å². The summed E-state index contributed by atoms with van der Waals surface area (Å²) in [6, 6.07) is 35.8. The Kier molecular flexibility index (Phi) is 9.55. The van der Waals surface area contributed by atoms with Gasteiger partial charge in [0, 0.05) is 38.2 Å². The van der Waals surface area contributed by atoms with Gasteiger partial charge in [0.15, 0.2) is 0 Å². The van der Waals surface area contributed by atoms with Crippen molar-refractivity contribution >= 4 is 39.0 Å². The van der Waals surface area contributed by atoms with Gasteiger partial charge in [-0.1, -0.05) is 100 Å². The van der Waals surface area contributed by atoms with Crippen LogP contribution in [0.1, 0.15) is 64.7 Å². The van der Waals surface area contributed by atoms with E-state index in [9.17, 15) is 0 Å². The molecule has 0 unspecified atom stereocenters. The van der Waals surface area contributed by atoms with E-state index in [2.05, 4.69) is 137 Å². The number of pyridine rings is 1. The standard InChI is InChI=1S/C23H22NO.C21H21N2.Ir/c1-15-8-9-17-18-6-5-7-19(22(18)25-21(17)12-15)20-13-16(10-11-24-20)14-23(2,3)4;1-21(2,3)13-15-12-17-10-7-11-18-19(17)23(14-15)20(22-18)16-8-5-4-6-9-16;/h5-6,8-13H,14H2,1-4H3;4-8,10-12H,13-14H2,1-3H3;/q2*-1;. The number of allylic oxidation sites excluding steroid dienone is 1. The smallest absolute Gasteiger partial charge is 0.121 e. The largest absolute Gasteiger partial charge is 0.501 e. The third-order valence-electron chi connectivity index (χ3n) is 8.63. The first-order valence-electron chi connectivity index (χ1n) is 16.9. The number of aryl methyl sites for hydroxylation is 1. The van der Waals surface area contributed by atoms with Crippen molar-refractivity contribution in [2.24, 2.45) is 10.8 Å². The van der Waals surface area contributed by atoms with Gasteiger partial charge in [0.2, 0.25) is 0 Å². The molecule has 1 aliphatic rings. The SMILES string of the molecule is CC(C)(C)CC1=Cc2cccc3nc(-c4[c-]cccc4)n(c23)C1.Cc1ccc2c(c1)oc1c(-c3cc(CC(C)(C)C)ccn3)[c-]ccc12.[Ir]. The Hall–Kier alpha value is -4.31. The van der Waals surface area contributed by atoms with Crippen LogP contribution in [-0.2, 0) is 33.1 Å². The van der Waals surface area contributed by atoms with Crippen LogP contribution in [0.15, 0.2) is 101 Å². The second kappa shape index (κ2) is 13.5. The van der Waals surface area contributed by atoms with Crippen molar-refractivity contribution < 1.29 is 24.5 Å². The summed E-state index contributed by atoms with van der Waals surface area (Å²) in [5, 5.41) is 2.26. The molecule has 0 saturated heterocycles. The first-order valence-corrected chi connectivity index (χ1v) is 16.9. The number of hydrogen-bond donors (Lipinski definition) is 0. The van der Waals surface area contributed by atoms with E-state index in [4.69, 9.17) is 9.40 Å². The van der Waals surface area contributed by atoms with Crippen molar-refractivity contribution in [2.75, 3.05) is 0 Å². The first-order chi connectivity index (χ1) is 22.9. The molecule has 7 aromatic rings. The van der Waals surface area contributed by atoms with Gasteiger partial charge in [0.25, 0.3) is 0 Å². The summed E-state index contributed by atoms with van der Waals surface area (Å²) in [6.45, 7) is 16.6. The van der Waals surface area contributed by atoms with Crippen molar-refractivity contribution in [1.29, 1.82) is 0 Å². The minimum Gasteiger partial charge on any atom is -0.501 e. The first kappa shape index (κ1) is 34.5. The van der Waals surface area contributed by atoms with Crippen LogP contribution in [0.3, 0.4) is 0 Å². The van der Waals surface area contributed by atoms with E-state index < -0.39 is 0 Å². The molecule has 0 atom stereocenters. The van der Waals surface area contributed by atoms with Crippen LogP contribution in [-0.4, -0.2) is 14.5 Å². The van der Waals surface area contributed by atoms with E-state index in [1.807, 2.05) is 30.5 Å². The quantitative estimate of drug-likeness (QED) is 0.166. The van der Waals surface area contributed by atoms with Gasteiger partial charge in [0.05, 0.1) is 22.4 Å². The Morgan fingerprint density at radius 3 is 2.39 bits per heavy atom. The van der Waals surface area contributed by atoms with Gasteiger partial charge in [-0.3, -0.25) is 4.98 Å². The molecule has 4 aromatic carbocycles. The molecule has 5 heteroatoms. The van der Waals surface area contributed by atoms with Crippen LogP contribution in [0, 0.1) is 29.9 Å². The summed E-state index contributed by atoms with van der Waals surface area (Å²) in [4.78, 5) is 9.47. The van der Waals surface area contributed by atoms with Crippen LogP contribution >= 0.6 is 0 Å². The Labute approximate surface area is 303 Å². The van der Waals surface area contributed by atoms with Crippen molar-refractivity contribution in [1.82, 2.24) is 14.5 Å². The number of rotatable bonds is 4. The molecule has 1 radical (unpaired) electrons. The van der Waals surface area contributed by atoms with Gasteiger partial charge in [0.1, 0.15) is 5.58 Å². The molecule has 0 spiro atoms. The summed E-state index contributed by atoms with van der Waals surface area (Å²) < 4.78 is 8.55. The molecule has 4 heterocycles. The molecular formula is C44H43IrN3O-2. The van der Waals surface area contributed by atoms with Crippen LogP contribution < -0.4 is 0 Å². The Bertz CT molecular complexity index is 2300. The molecule has 49 heavy (non-hydrogen) atoms. The maximum atomic E-state index is 6.19. The normalized spacial score (nSPS) is 12.8. The molecule has 0 saturated carbocycles. The fraction of sp³-hybridized carbons (Fsp3) is 0.273. The van der Waals surface area contributed by atoms with E-state index in [0.717, 1.165) is 69.5 Å². The Morgan fingerprint density at radius 1 is 0.816 bits per heavy atom. The molecule has 1 aliphatic heterocycles. The van der Waals surface area contributed by atoms with E-state index in [0.29, 0.717) is 0 Å². The predicted octanol–water partition coefficient (Wildman–Crippen LogP) is 11.7.